The molecule has 152 valence electrons. The van der Waals surface area contributed by atoms with E-state index in [2.05, 4.69) is 15.2 Å². The van der Waals surface area contributed by atoms with Crippen LogP contribution in [0.15, 0.2) is 52.5 Å². The Labute approximate surface area is 169 Å². The van der Waals surface area contributed by atoms with Crippen LogP contribution in [-0.4, -0.2) is 51.9 Å². The second kappa shape index (κ2) is 8.21. The summed E-state index contributed by atoms with van der Waals surface area (Å²) in [5, 5.41) is 36.1. The minimum Gasteiger partial charge on any atom is -0.733 e. The van der Waals surface area contributed by atoms with Crippen molar-refractivity contribution in [2.24, 2.45) is 0 Å². The fourth-order valence-electron chi connectivity index (χ4n) is 2.50. The molecular weight excluding hydrogens is 420 g/mol. The van der Waals surface area contributed by atoms with Crippen molar-refractivity contribution in [1.82, 2.24) is 15.2 Å². The van der Waals surface area contributed by atoms with E-state index in [4.69, 9.17) is 5.11 Å². The van der Waals surface area contributed by atoms with Crippen LogP contribution in [0.1, 0.15) is 0 Å². The van der Waals surface area contributed by atoms with Gasteiger partial charge in [0.1, 0.15) is 0 Å². The molecule has 1 aromatic heterocycles. The van der Waals surface area contributed by atoms with Gasteiger partial charge in [-0.05, 0) is 41.5 Å². The van der Waals surface area contributed by atoms with Crippen molar-refractivity contribution in [1.29, 1.82) is 0 Å². The molecule has 0 spiro atoms. The number of hydrogen-bond donors (Lipinski definition) is 3. The Morgan fingerprint density at radius 3 is 2.59 bits per heavy atom. The zero-order chi connectivity index (χ0) is 21.2. The molecule has 1 heterocycles. The summed E-state index contributed by atoms with van der Waals surface area (Å²) in [5.41, 5.74) is 1.28. The van der Waals surface area contributed by atoms with Gasteiger partial charge in [-0.1, -0.05) is 23.9 Å². The Balaban J connectivity index is 2.05. The third-order valence-corrected chi connectivity index (χ3v) is 5.74. The fourth-order valence-corrected chi connectivity index (χ4v) is 3.68. The molecule has 3 aromatic rings. The number of aliphatic carboxylic acids is 1. The number of rotatable bonds is 7. The highest BCUT2D eigenvalue weighted by atomic mass is 32.2. The van der Waals surface area contributed by atoms with E-state index in [9.17, 15) is 23.6 Å². The predicted molar refractivity (Wildman–Crippen MR) is 106 cm³/mol. The van der Waals surface area contributed by atoms with Crippen LogP contribution in [0.5, 0.6) is 0 Å². The highest BCUT2D eigenvalue weighted by molar-refractivity contribution is 7.99. The number of aromatic nitrogens is 3. The molecule has 3 rings (SSSR count). The van der Waals surface area contributed by atoms with Gasteiger partial charge in [-0.15, -0.1) is 5.10 Å². The molecule has 0 aliphatic carbocycles. The van der Waals surface area contributed by atoms with Gasteiger partial charge in [-0.2, -0.15) is 0 Å². The Hall–Kier alpha value is -2.93. The monoisotopic (exact) mass is 435 g/mol. The summed E-state index contributed by atoms with van der Waals surface area (Å²) in [7, 11) is -3.43. The van der Waals surface area contributed by atoms with E-state index >= 15 is 0 Å². The third kappa shape index (κ3) is 5.12. The lowest BCUT2D eigenvalue weighted by molar-refractivity contribution is -0.133. The molecule has 0 saturated heterocycles. The van der Waals surface area contributed by atoms with Crippen LogP contribution in [0.3, 0.4) is 0 Å². The second-order valence-electron chi connectivity index (χ2n) is 5.99. The van der Waals surface area contributed by atoms with Crippen LogP contribution < -0.4 is 5.23 Å². The Morgan fingerprint density at radius 2 is 1.93 bits per heavy atom. The van der Waals surface area contributed by atoms with E-state index in [-0.39, 0.29) is 32.5 Å². The van der Waals surface area contributed by atoms with Gasteiger partial charge >= 0.3 is 5.97 Å². The molecule has 0 aliphatic heterocycles. The number of benzene rings is 2. The summed E-state index contributed by atoms with van der Waals surface area (Å²) in [5.74, 6) is -0.980. The Bertz CT molecular complexity index is 1160. The first kappa shape index (κ1) is 20.8. The number of carboxylic acid groups (broad SMARTS) is 1. The molecule has 12 heteroatoms. The number of hydrogen-bond acceptors (Lipinski definition) is 9. The van der Waals surface area contributed by atoms with Gasteiger partial charge in [0.05, 0.1) is 16.3 Å². The predicted octanol–water partition coefficient (Wildman–Crippen LogP) is 2.41. The molecule has 3 N–H and O–H groups in total. The highest BCUT2D eigenvalue weighted by Gasteiger charge is 2.13. The molecule has 0 radical (unpaired) electrons. The smallest absolute Gasteiger partial charge is 0.313 e. The zero-order valence-electron chi connectivity index (χ0n) is 14.9. The first-order valence-corrected chi connectivity index (χ1v) is 10.9. The number of thioether (sulfide) groups is 1. The van der Waals surface area contributed by atoms with E-state index in [1.807, 2.05) is 0 Å². The summed E-state index contributed by atoms with van der Waals surface area (Å²) in [6.45, 7) is 0. The standard InChI is InChI=1S/C17H15N4O6S2/c1-29(26,27)14-4-2-3-10(8-14)11-5-12(7-13(6-11)21(24)25)16-18-17(20-19-16)28-9-15(22)23/h2-8,24H,9H2,1H3,(H,22,23)(H,18,19,20)/q-1. The molecular formula is C17H15N4O6S2-. The maximum Gasteiger partial charge on any atom is 0.313 e. The summed E-state index contributed by atoms with van der Waals surface area (Å²) >= 11 is 0.919. The molecule has 29 heavy (non-hydrogen) atoms. The summed E-state index contributed by atoms with van der Waals surface area (Å²) in [6, 6.07) is 10.6. The highest BCUT2D eigenvalue weighted by Crippen LogP contribution is 2.31. The van der Waals surface area contributed by atoms with Crippen LogP contribution in [0.4, 0.5) is 5.69 Å². The van der Waals surface area contributed by atoms with Gasteiger partial charge in [-0.25, -0.2) is 13.4 Å². The molecule has 2 aromatic carbocycles. The Morgan fingerprint density at radius 1 is 1.21 bits per heavy atom. The van der Waals surface area contributed by atoms with Gasteiger partial charge in [0.15, 0.2) is 15.7 Å². The molecule has 0 bridgehead atoms. The lowest BCUT2D eigenvalue weighted by Gasteiger charge is -2.23. The molecule has 0 saturated carbocycles. The molecule has 0 amide bonds. The Kier molecular flexibility index (Phi) is 5.88. The quantitative estimate of drug-likeness (QED) is 0.371. The average molecular weight is 435 g/mol. The maximum atomic E-state index is 11.8. The van der Waals surface area contributed by atoms with E-state index < -0.39 is 15.8 Å². The topological polar surface area (TPSA) is 160 Å². The van der Waals surface area contributed by atoms with Gasteiger partial charge in [0, 0.05) is 11.8 Å². The third-order valence-electron chi connectivity index (χ3n) is 3.80. The number of aromatic amines is 1. The van der Waals surface area contributed by atoms with Crippen molar-refractivity contribution in [3.05, 3.63) is 47.7 Å². The van der Waals surface area contributed by atoms with Crippen LogP contribution in [0.25, 0.3) is 22.5 Å². The first-order valence-electron chi connectivity index (χ1n) is 8.02. The molecule has 0 unspecified atom stereocenters. The molecule has 0 atom stereocenters. The number of nitrogens with zero attached hydrogens (tertiary/aromatic N) is 3. The SMILES string of the molecule is CS(=O)(=O)c1cccc(-c2cc(-c3nc(SCC(=O)O)n[nH]3)cc(N([O-])O)c2)c1. The number of carboxylic acids is 1. The van der Waals surface area contributed by atoms with Gasteiger partial charge < -0.3 is 15.5 Å². The van der Waals surface area contributed by atoms with Crippen LogP contribution in [0, 0.1) is 5.21 Å². The van der Waals surface area contributed by atoms with Gasteiger partial charge in [0.2, 0.25) is 5.16 Å². The van der Waals surface area contributed by atoms with E-state index in [1.165, 1.54) is 24.3 Å². The van der Waals surface area contributed by atoms with E-state index in [0.717, 1.165) is 18.0 Å². The molecule has 10 nitrogen and oxygen atoms in total. The zero-order valence-corrected chi connectivity index (χ0v) is 16.6. The van der Waals surface area contributed by atoms with Crippen LogP contribution in [-0.2, 0) is 14.6 Å². The van der Waals surface area contributed by atoms with Crippen molar-refractivity contribution in [2.75, 3.05) is 17.2 Å². The minimum absolute atomic E-state index is 0.0987. The van der Waals surface area contributed by atoms with E-state index in [0.29, 0.717) is 16.7 Å². The van der Waals surface area contributed by atoms with E-state index in [1.54, 1.807) is 18.2 Å². The maximum absolute atomic E-state index is 11.8. The second-order valence-corrected chi connectivity index (χ2v) is 8.95. The number of anilines is 1. The minimum atomic E-state index is -3.43. The molecule has 0 aliphatic rings. The summed E-state index contributed by atoms with van der Waals surface area (Å²) in [4.78, 5) is 15.0. The lowest BCUT2D eigenvalue weighted by atomic mass is 10.0. The van der Waals surface area contributed by atoms with Crippen molar-refractivity contribution in [3.63, 3.8) is 0 Å². The first-order chi connectivity index (χ1) is 13.6. The van der Waals surface area contributed by atoms with Crippen molar-refractivity contribution < 1.29 is 23.5 Å². The van der Waals surface area contributed by atoms with Crippen molar-refractivity contribution in [2.45, 2.75) is 10.1 Å². The summed E-state index contributed by atoms with van der Waals surface area (Å²) in [6.07, 6.45) is 1.09. The van der Waals surface area contributed by atoms with Gasteiger partial charge in [-0.3, -0.25) is 15.1 Å². The van der Waals surface area contributed by atoms with Gasteiger partial charge in [0.25, 0.3) is 0 Å². The average Bonchev–Trinajstić information content (AvgIpc) is 3.14. The number of carbonyl (C=O) groups is 1. The lowest BCUT2D eigenvalue weighted by Crippen LogP contribution is -2.07. The number of H-pyrrole nitrogens is 1. The normalized spacial score (nSPS) is 11.4. The molecule has 0 fully saturated rings. The van der Waals surface area contributed by atoms with Crippen molar-refractivity contribution in [3.8, 4) is 22.5 Å². The largest absolute Gasteiger partial charge is 0.733 e. The van der Waals surface area contributed by atoms with Crippen LogP contribution >= 0.6 is 11.8 Å². The fraction of sp³-hybridized carbons (Fsp3) is 0.118. The van der Waals surface area contributed by atoms with Crippen LogP contribution in [0.2, 0.25) is 0 Å². The summed E-state index contributed by atoms with van der Waals surface area (Å²) < 4.78 is 23.7. The number of sulfone groups is 1. The number of nitrogens with one attached hydrogen (secondary N) is 1. The van der Waals surface area contributed by atoms with Crippen molar-refractivity contribution >= 4 is 33.3 Å².